The number of phenolic OH excluding ortho intramolecular Hbond substituents is 1. The minimum Gasteiger partial charge on any atom is -0.506 e. The number of aliphatic imine (C=N–C) groups is 1. The first-order valence-corrected chi connectivity index (χ1v) is 9.61. The van der Waals surface area contributed by atoms with Crippen molar-refractivity contribution in [3.63, 3.8) is 0 Å². The van der Waals surface area contributed by atoms with Gasteiger partial charge < -0.3 is 29.7 Å². The van der Waals surface area contributed by atoms with E-state index in [9.17, 15) is 5.11 Å². The molecule has 0 amide bonds. The summed E-state index contributed by atoms with van der Waals surface area (Å²) in [5.41, 5.74) is 2.10. The smallest absolute Gasteiger partial charge is 0.231 e. The van der Waals surface area contributed by atoms with Crippen LogP contribution in [-0.4, -0.2) is 62.5 Å². The number of nitrogens with one attached hydrogen (secondary N) is 1. The molecule has 0 spiro atoms. The van der Waals surface area contributed by atoms with Crippen molar-refractivity contribution in [2.45, 2.75) is 6.42 Å². The topological polar surface area (TPSA) is 69.6 Å². The molecule has 7 heteroatoms. The number of phenols is 1. The van der Waals surface area contributed by atoms with Crippen LogP contribution in [0.4, 0.5) is 5.69 Å². The van der Waals surface area contributed by atoms with Gasteiger partial charge >= 0.3 is 0 Å². The monoisotopic (exact) mass is 382 g/mol. The maximum Gasteiger partial charge on any atom is 0.231 e. The van der Waals surface area contributed by atoms with Crippen molar-refractivity contribution < 1.29 is 14.6 Å². The lowest BCUT2D eigenvalue weighted by Crippen LogP contribution is -2.52. The highest BCUT2D eigenvalue weighted by Crippen LogP contribution is 2.32. The zero-order chi connectivity index (χ0) is 19.3. The van der Waals surface area contributed by atoms with Crippen LogP contribution in [0.2, 0.25) is 0 Å². The van der Waals surface area contributed by atoms with Gasteiger partial charge in [0.1, 0.15) is 5.75 Å². The quantitative estimate of drug-likeness (QED) is 0.623. The molecule has 0 bridgehead atoms. The molecule has 0 saturated carbocycles. The molecule has 0 unspecified atom stereocenters. The van der Waals surface area contributed by atoms with Crippen LogP contribution in [0, 0.1) is 0 Å². The summed E-state index contributed by atoms with van der Waals surface area (Å²) in [5, 5.41) is 13.5. The fraction of sp³-hybridized carbons (Fsp3) is 0.381. The normalized spacial score (nSPS) is 16.4. The number of fused-ring (bicyclic) bond motifs is 1. The van der Waals surface area contributed by atoms with E-state index in [1.54, 1.807) is 6.07 Å². The Kier molecular flexibility index (Phi) is 5.41. The minimum absolute atomic E-state index is 0.302. The van der Waals surface area contributed by atoms with Crippen LogP contribution in [0.5, 0.6) is 17.2 Å². The number of aromatic hydroxyl groups is 1. The Morgan fingerprint density at radius 1 is 1.07 bits per heavy atom. The number of hydrogen-bond donors (Lipinski definition) is 2. The first kappa shape index (κ1) is 18.3. The first-order valence-electron chi connectivity index (χ1n) is 9.61. The van der Waals surface area contributed by atoms with E-state index < -0.39 is 0 Å². The average molecular weight is 382 g/mol. The minimum atomic E-state index is 0.302. The number of rotatable bonds is 4. The Morgan fingerprint density at radius 2 is 1.86 bits per heavy atom. The first-order chi connectivity index (χ1) is 13.7. The van der Waals surface area contributed by atoms with Crippen molar-refractivity contribution in [3.8, 4) is 17.2 Å². The molecule has 0 aromatic heterocycles. The predicted octanol–water partition coefficient (Wildman–Crippen LogP) is 2.06. The lowest BCUT2D eigenvalue weighted by atomic mass is 10.1. The molecule has 1 saturated heterocycles. The van der Waals surface area contributed by atoms with Crippen LogP contribution in [-0.2, 0) is 6.42 Å². The third-order valence-electron chi connectivity index (χ3n) is 5.15. The van der Waals surface area contributed by atoms with Gasteiger partial charge in [-0.15, -0.1) is 0 Å². The molecule has 0 aliphatic carbocycles. The molecule has 4 rings (SSSR count). The highest BCUT2D eigenvalue weighted by atomic mass is 16.7. The summed E-state index contributed by atoms with van der Waals surface area (Å²) in [6, 6.07) is 13.6. The van der Waals surface area contributed by atoms with E-state index in [0.717, 1.165) is 62.3 Å². The molecule has 2 aromatic carbocycles. The highest BCUT2D eigenvalue weighted by molar-refractivity contribution is 5.80. The zero-order valence-electron chi connectivity index (χ0n) is 16.1. The Morgan fingerprint density at radius 3 is 2.64 bits per heavy atom. The van der Waals surface area contributed by atoms with Crippen molar-refractivity contribution in [2.24, 2.45) is 4.99 Å². The van der Waals surface area contributed by atoms with E-state index in [1.165, 1.54) is 5.56 Å². The fourth-order valence-corrected chi connectivity index (χ4v) is 3.64. The van der Waals surface area contributed by atoms with Crippen molar-refractivity contribution in [3.05, 3.63) is 48.0 Å². The van der Waals surface area contributed by atoms with Crippen molar-refractivity contribution in [1.29, 1.82) is 0 Å². The van der Waals surface area contributed by atoms with Crippen molar-refractivity contribution in [1.82, 2.24) is 10.2 Å². The number of para-hydroxylation sites is 2. The molecule has 2 heterocycles. The Hall–Kier alpha value is -3.09. The zero-order valence-corrected chi connectivity index (χ0v) is 16.1. The van der Waals surface area contributed by atoms with Gasteiger partial charge in [-0.1, -0.05) is 18.2 Å². The summed E-state index contributed by atoms with van der Waals surface area (Å²) < 4.78 is 10.8. The molecular formula is C21H26N4O3. The molecule has 1 fully saturated rings. The molecule has 2 aliphatic rings. The molecule has 2 aromatic rings. The highest BCUT2D eigenvalue weighted by Gasteiger charge is 2.21. The number of anilines is 1. The van der Waals surface area contributed by atoms with E-state index >= 15 is 0 Å². The number of ether oxygens (including phenoxy) is 2. The molecule has 2 N–H and O–H groups in total. The predicted molar refractivity (Wildman–Crippen MR) is 110 cm³/mol. The molecule has 7 nitrogen and oxygen atoms in total. The number of hydrogen-bond acceptors (Lipinski definition) is 5. The second kappa shape index (κ2) is 8.29. The van der Waals surface area contributed by atoms with Gasteiger partial charge in [0.25, 0.3) is 0 Å². The molecule has 2 aliphatic heterocycles. The summed E-state index contributed by atoms with van der Waals surface area (Å²) in [6.45, 7) is 4.51. The third kappa shape index (κ3) is 3.93. The van der Waals surface area contributed by atoms with Crippen LogP contribution in [0.15, 0.2) is 47.5 Å². The Labute approximate surface area is 165 Å². The van der Waals surface area contributed by atoms with Crippen LogP contribution < -0.4 is 19.7 Å². The van der Waals surface area contributed by atoms with E-state index in [4.69, 9.17) is 9.47 Å². The van der Waals surface area contributed by atoms with E-state index in [-0.39, 0.29) is 0 Å². The standard InChI is InChI=1S/C21H26N4O3/c1-22-21(23-9-8-16-6-7-19-20(14-16)28-15-27-19)25-12-10-24(11-13-25)17-4-2-3-5-18(17)26/h2-7,14,26H,8-13,15H2,1H3,(H,22,23). The largest absolute Gasteiger partial charge is 0.506 e. The molecule has 28 heavy (non-hydrogen) atoms. The van der Waals surface area contributed by atoms with E-state index in [2.05, 4.69) is 26.2 Å². The van der Waals surface area contributed by atoms with Gasteiger partial charge in [-0.3, -0.25) is 4.99 Å². The van der Waals surface area contributed by atoms with Gasteiger partial charge in [0.05, 0.1) is 5.69 Å². The lowest BCUT2D eigenvalue weighted by molar-refractivity contribution is 0.174. The van der Waals surface area contributed by atoms with Gasteiger partial charge in [0.2, 0.25) is 6.79 Å². The number of nitrogens with zero attached hydrogens (tertiary/aromatic N) is 3. The van der Waals surface area contributed by atoms with Gasteiger partial charge in [-0.25, -0.2) is 0 Å². The van der Waals surface area contributed by atoms with Crippen LogP contribution >= 0.6 is 0 Å². The van der Waals surface area contributed by atoms with E-state index in [1.807, 2.05) is 37.4 Å². The molecule has 0 radical (unpaired) electrons. The Balaban J connectivity index is 1.28. The van der Waals surface area contributed by atoms with Crippen molar-refractivity contribution in [2.75, 3.05) is 51.5 Å². The van der Waals surface area contributed by atoms with Gasteiger partial charge in [0, 0.05) is 39.8 Å². The van der Waals surface area contributed by atoms with Gasteiger partial charge in [-0.2, -0.15) is 0 Å². The molecule has 0 atom stereocenters. The second-order valence-corrected chi connectivity index (χ2v) is 6.87. The lowest BCUT2D eigenvalue weighted by Gasteiger charge is -2.37. The summed E-state index contributed by atoms with van der Waals surface area (Å²) in [7, 11) is 1.82. The number of benzene rings is 2. The summed E-state index contributed by atoms with van der Waals surface area (Å²) in [5.74, 6) is 2.89. The second-order valence-electron chi connectivity index (χ2n) is 6.87. The maximum atomic E-state index is 10.1. The average Bonchev–Trinajstić information content (AvgIpc) is 3.20. The van der Waals surface area contributed by atoms with Crippen molar-refractivity contribution >= 4 is 11.6 Å². The third-order valence-corrected chi connectivity index (χ3v) is 5.15. The van der Waals surface area contributed by atoms with E-state index in [0.29, 0.717) is 12.5 Å². The fourth-order valence-electron chi connectivity index (χ4n) is 3.64. The Bertz CT molecular complexity index is 847. The number of guanidine groups is 1. The van der Waals surface area contributed by atoms with Gasteiger partial charge in [0.15, 0.2) is 17.5 Å². The summed E-state index contributed by atoms with van der Waals surface area (Å²) >= 11 is 0. The SMILES string of the molecule is CN=C(NCCc1ccc2c(c1)OCO2)N1CCN(c2ccccc2O)CC1. The van der Waals surface area contributed by atoms with Gasteiger partial charge in [-0.05, 0) is 36.2 Å². The van der Waals surface area contributed by atoms with Crippen LogP contribution in [0.3, 0.4) is 0 Å². The van der Waals surface area contributed by atoms with Crippen LogP contribution in [0.25, 0.3) is 0 Å². The number of piperazine rings is 1. The van der Waals surface area contributed by atoms with Crippen LogP contribution in [0.1, 0.15) is 5.56 Å². The maximum absolute atomic E-state index is 10.1. The summed E-state index contributed by atoms with van der Waals surface area (Å²) in [4.78, 5) is 8.91. The molecular weight excluding hydrogens is 356 g/mol. The summed E-state index contributed by atoms with van der Waals surface area (Å²) in [6.07, 6.45) is 0.882. The molecule has 148 valence electrons.